The van der Waals surface area contributed by atoms with Crippen LogP contribution in [0.2, 0.25) is 0 Å². The molecule has 0 aliphatic rings. The quantitative estimate of drug-likeness (QED) is 0.419. The molecule has 0 fully saturated rings. The Morgan fingerprint density at radius 2 is 1.13 bits per heavy atom. The van der Waals surface area contributed by atoms with Gasteiger partial charge in [0.15, 0.2) is 0 Å². The van der Waals surface area contributed by atoms with Gasteiger partial charge in [-0.2, -0.15) is 0 Å². The van der Waals surface area contributed by atoms with Crippen molar-refractivity contribution in [1.29, 1.82) is 0 Å². The van der Waals surface area contributed by atoms with Crippen molar-refractivity contribution < 1.29 is 34.4 Å². The highest BCUT2D eigenvalue weighted by atomic mass is 32.2. The molecule has 2 aromatic carbocycles. The van der Waals surface area contributed by atoms with E-state index >= 15 is 0 Å². The summed E-state index contributed by atoms with van der Waals surface area (Å²) >= 11 is 0. The van der Waals surface area contributed by atoms with Crippen molar-refractivity contribution >= 4 is 43.3 Å². The van der Waals surface area contributed by atoms with Crippen LogP contribution in [0.15, 0.2) is 58.3 Å². The first-order valence-corrected chi connectivity index (χ1v) is 15.1. The Balaban J connectivity index is -0.000000580. The van der Waals surface area contributed by atoms with Crippen LogP contribution in [0, 0.1) is 0 Å². The van der Waals surface area contributed by atoms with E-state index in [2.05, 4.69) is 5.32 Å². The second kappa shape index (κ2) is 16.9. The van der Waals surface area contributed by atoms with Crippen molar-refractivity contribution in [2.75, 3.05) is 52.5 Å². The number of hydrogen-bond acceptors (Lipinski definition) is 7. The standard InChI is InChI=1S/C13H20N2O3S.C9H14N2O2S.C4H8O2.2H2/c1-5-6-13(16)15(4)11-7-9-12(10-8-11)19(17,18)14(2)3;1-10-8-4-6-9(7-5-8)14(12,13)11(2)3;1-2-3-4(5)6;;/h7-10H,5-6H2,1-4H3;4-7,10H,1-3H3;2-3H2,1H3,(H,5,6);2*1H/i;;;2*1+2. The zero-order chi connectivity index (χ0) is 30.4. The van der Waals surface area contributed by atoms with Crippen molar-refractivity contribution in [1.82, 2.24) is 8.61 Å². The van der Waals surface area contributed by atoms with E-state index in [9.17, 15) is 26.4 Å². The summed E-state index contributed by atoms with van der Waals surface area (Å²) in [6.07, 6.45) is 2.29. The number of carboxylic acids is 1. The molecular weight excluding hydrogens is 544 g/mol. The average molecular weight is 595 g/mol. The van der Waals surface area contributed by atoms with E-state index in [0.29, 0.717) is 23.4 Å². The van der Waals surface area contributed by atoms with Crippen LogP contribution in [-0.4, -0.2) is 84.7 Å². The molecule has 0 heterocycles. The number of amides is 1. The second-order valence-corrected chi connectivity index (χ2v) is 13.0. The number of carbonyl (C=O) groups excluding carboxylic acids is 1. The van der Waals surface area contributed by atoms with Gasteiger partial charge in [0.05, 0.1) is 9.79 Å². The summed E-state index contributed by atoms with van der Waals surface area (Å²) in [5.41, 5.74) is 1.58. The number of carboxylic acid groups (broad SMARTS) is 1. The zero-order valence-corrected chi connectivity index (χ0v) is 25.6. The Morgan fingerprint density at radius 3 is 1.41 bits per heavy atom. The smallest absolute Gasteiger partial charge is 0.303 e. The van der Waals surface area contributed by atoms with Crippen LogP contribution in [0.25, 0.3) is 0 Å². The highest BCUT2D eigenvalue weighted by Crippen LogP contribution is 2.19. The van der Waals surface area contributed by atoms with Crippen molar-refractivity contribution in [2.24, 2.45) is 0 Å². The number of sulfonamides is 2. The lowest BCUT2D eigenvalue weighted by molar-refractivity contribution is -0.137. The highest BCUT2D eigenvalue weighted by molar-refractivity contribution is 7.89. The molecular formula is C26H46N4O7S2. The lowest BCUT2D eigenvalue weighted by atomic mass is 10.2. The fourth-order valence-corrected chi connectivity index (χ4v) is 4.60. The van der Waals surface area contributed by atoms with Crippen molar-refractivity contribution in [3.63, 3.8) is 0 Å². The van der Waals surface area contributed by atoms with Crippen LogP contribution in [0.1, 0.15) is 42.4 Å². The van der Waals surface area contributed by atoms with Gasteiger partial charge in [-0.3, -0.25) is 9.59 Å². The summed E-state index contributed by atoms with van der Waals surface area (Å²) in [5, 5.41) is 10.8. The fourth-order valence-electron chi connectivity index (χ4n) is 2.80. The molecule has 0 aliphatic heterocycles. The van der Waals surface area contributed by atoms with Crippen molar-refractivity contribution in [2.45, 2.75) is 49.3 Å². The maximum atomic E-state index is 11.9. The number of aliphatic carboxylic acids is 1. The maximum Gasteiger partial charge on any atom is 0.303 e. The Labute approximate surface area is 236 Å². The molecule has 0 radical (unpaired) electrons. The number of rotatable bonds is 10. The van der Waals surface area contributed by atoms with Gasteiger partial charge in [0.2, 0.25) is 26.0 Å². The molecule has 0 saturated heterocycles. The first-order chi connectivity index (χ1) is 18.1. The largest absolute Gasteiger partial charge is 0.481 e. The minimum Gasteiger partial charge on any atom is -0.481 e. The molecule has 2 aromatic rings. The number of carbonyl (C=O) groups is 2. The summed E-state index contributed by atoms with van der Waals surface area (Å²) in [4.78, 5) is 23.4. The molecule has 0 bridgehead atoms. The zero-order valence-electron chi connectivity index (χ0n) is 24.0. The predicted molar refractivity (Wildman–Crippen MR) is 159 cm³/mol. The first-order valence-electron chi connectivity index (χ1n) is 12.3. The van der Waals surface area contributed by atoms with Gasteiger partial charge < -0.3 is 15.3 Å². The lowest BCUT2D eigenvalue weighted by Crippen LogP contribution is -2.26. The van der Waals surface area contributed by atoms with Gasteiger partial charge in [-0.15, -0.1) is 0 Å². The normalized spacial score (nSPS) is 11.1. The summed E-state index contributed by atoms with van der Waals surface area (Å²) in [7, 11) is 2.76. The molecule has 2 rings (SSSR count). The van der Waals surface area contributed by atoms with Crippen molar-refractivity contribution in [3.8, 4) is 0 Å². The molecule has 0 atom stereocenters. The molecule has 224 valence electrons. The fraction of sp³-hybridized carbons (Fsp3) is 0.462. The number of benzene rings is 2. The third-order valence-electron chi connectivity index (χ3n) is 5.23. The Bertz CT molecular complexity index is 1260. The van der Waals surface area contributed by atoms with E-state index in [-0.39, 0.29) is 13.7 Å². The van der Waals surface area contributed by atoms with Gasteiger partial charge in [-0.1, -0.05) is 13.8 Å². The third kappa shape index (κ3) is 11.7. The topological polar surface area (TPSA) is 144 Å². The summed E-state index contributed by atoms with van der Waals surface area (Å²) in [5.74, 6) is -0.691. The first kappa shape index (κ1) is 36.0. The molecule has 39 heavy (non-hydrogen) atoms. The van der Waals surface area contributed by atoms with Gasteiger partial charge in [0.1, 0.15) is 0 Å². The highest BCUT2D eigenvalue weighted by Gasteiger charge is 2.18. The van der Waals surface area contributed by atoms with E-state index in [1.165, 1.54) is 49.5 Å². The minimum absolute atomic E-state index is 0. The van der Waals surface area contributed by atoms with E-state index in [1.807, 2.05) is 13.8 Å². The monoisotopic (exact) mass is 594 g/mol. The van der Waals surface area contributed by atoms with Crippen LogP contribution < -0.4 is 10.2 Å². The van der Waals surface area contributed by atoms with E-state index in [0.717, 1.165) is 22.8 Å². The van der Waals surface area contributed by atoms with Crippen LogP contribution >= 0.6 is 0 Å². The molecule has 13 heteroatoms. The van der Waals surface area contributed by atoms with Crippen molar-refractivity contribution in [3.05, 3.63) is 48.5 Å². The number of anilines is 2. The van der Waals surface area contributed by atoms with Crippen LogP contribution in [0.3, 0.4) is 0 Å². The summed E-state index contributed by atoms with van der Waals surface area (Å²) < 4.78 is 49.4. The molecule has 0 unspecified atom stereocenters. The predicted octanol–water partition coefficient (Wildman–Crippen LogP) is 4.04. The van der Waals surface area contributed by atoms with Gasteiger partial charge in [0.25, 0.3) is 0 Å². The summed E-state index contributed by atoms with van der Waals surface area (Å²) in [6.45, 7) is 3.78. The maximum absolute atomic E-state index is 11.9. The Morgan fingerprint density at radius 1 is 0.744 bits per heavy atom. The summed E-state index contributed by atoms with van der Waals surface area (Å²) in [6, 6.07) is 12.9. The van der Waals surface area contributed by atoms with E-state index in [1.54, 1.807) is 50.5 Å². The van der Waals surface area contributed by atoms with Gasteiger partial charge in [-0.25, -0.2) is 25.4 Å². The number of nitrogens with one attached hydrogen (secondary N) is 1. The molecule has 0 spiro atoms. The molecule has 0 saturated carbocycles. The van der Waals surface area contributed by atoms with E-state index in [4.69, 9.17) is 5.11 Å². The number of hydrogen-bond donors (Lipinski definition) is 2. The Kier molecular flexibility index (Phi) is 15.6. The molecule has 1 amide bonds. The lowest BCUT2D eigenvalue weighted by Gasteiger charge is -2.18. The van der Waals surface area contributed by atoms with Gasteiger partial charge >= 0.3 is 5.97 Å². The SMILES string of the molecule is CCCC(=O)N(C)c1ccc(S(=O)(=O)N(C)C)cc1.CCCC(=O)O.CNc1ccc(S(=O)(=O)N(C)C)cc1.[3HH].[3HH]. The second-order valence-electron chi connectivity index (χ2n) is 8.69. The van der Waals surface area contributed by atoms with Crippen LogP contribution in [-0.2, 0) is 29.6 Å². The third-order valence-corrected chi connectivity index (χ3v) is 8.88. The molecule has 11 nitrogen and oxygen atoms in total. The molecule has 2 N–H and O–H groups in total. The van der Waals surface area contributed by atoms with Gasteiger partial charge in [0, 0.05) is 69.4 Å². The van der Waals surface area contributed by atoms with Crippen LogP contribution in [0.5, 0.6) is 0 Å². The van der Waals surface area contributed by atoms with Gasteiger partial charge in [-0.05, 0) is 61.4 Å². The number of nitrogens with zero attached hydrogens (tertiary/aromatic N) is 3. The van der Waals surface area contributed by atoms with Crippen LogP contribution in [0.4, 0.5) is 11.4 Å². The minimum atomic E-state index is -3.42. The Hall–Kier alpha value is -3.00. The molecule has 0 aromatic heterocycles. The molecule has 0 aliphatic carbocycles. The van der Waals surface area contributed by atoms with E-state index < -0.39 is 26.0 Å². The average Bonchev–Trinajstić information content (AvgIpc) is 2.89.